The van der Waals surface area contributed by atoms with Crippen LogP contribution >= 0.6 is 7.82 Å². The molecule has 0 aromatic heterocycles. The van der Waals surface area contributed by atoms with E-state index in [0.717, 1.165) is 64.2 Å². The molecular weight excluding hydrogens is 659 g/mol. The first-order valence-corrected chi connectivity index (χ1v) is 21.2. The molecule has 0 fully saturated rings. The van der Waals surface area contributed by atoms with Gasteiger partial charge in [0.25, 0.3) is 0 Å². The van der Waals surface area contributed by atoms with E-state index >= 15 is 0 Å². The third kappa shape index (κ3) is 34.9. The molecule has 3 N–H and O–H groups in total. The maximum atomic E-state index is 12.5. The number of carbonyl (C=O) groups excluding carboxylic acids is 2. The van der Waals surface area contributed by atoms with Gasteiger partial charge in [-0.1, -0.05) is 128 Å². The van der Waals surface area contributed by atoms with E-state index in [9.17, 15) is 24.2 Å². The molecule has 0 aliphatic carbocycles. The molecule has 0 aromatic rings. The largest absolute Gasteiger partial charge is 0.472 e. The van der Waals surface area contributed by atoms with Gasteiger partial charge in [0.2, 0.25) is 0 Å². The normalized spacial score (nSPS) is 14.0. The molecule has 0 saturated heterocycles. The summed E-state index contributed by atoms with van der Waals surface area (Å²) in [6.45, 7) is 3.85. The van der Waals surface area contributed by atoms with E-state index in [0.29, 0.717) is 12.8 Å². The fourth-order valence-electron chi connectivity index (χ4n) is 5.38. The van der Waals surface area contributed by atoms with Gasteiger partial charge in [-0.15, -0.1) is 6.58 Å². The number of phosphoric ester groups is 1. The van der Waals surface area contributed by atoms with Crippen molar-refractivity contribution in [3.63, 3.8) is 0 Å². The second-order valence-electron chi connectivity index (χ2n) is 13.4. The van der Waals surface area contributed by atoms with Crippen LogP contribution in [0.5, 0.6) is 0 Å². The van der Waals surface area contributed by atoms with Crippen molar-refractivity contribution in [1.29, 1.82) is 0 Å². The van der Waals surface area contributed by atoms with Crippen LogP contribution in [-0.4, -0.2) is 65.7 Å². The molecule has 3 atom stereocenters. The summed E-state index contributed by atoms with van der Waals surface area (Å²) in [6.07, 6.45) is 31.8. The van der Waals surface area contributed by atoms with Crippen LogP contribution in [-0.2, 0) is 32.7 Å². The zero-order chi connectivity index (χ0) is 37.0. The van der Waals surface area contributed by atoms with Gasteiger partial charge < -0.3 is 24.6 Å². The average Bonchev–Trinajstić information content (AvgIpc) is 3.10. The third-order valence-corrected chi connectivity index (χ3v) is 9.43. The topological polar surface area (TPSA) is 149 Å². The van der Waals surface area contributed by atoms with Crippen molar-refractivity contribution in [2.75, 3.05) is 26.4 Å². The number of unbranched alkanes of at least 4 members (excludes halogenated alkanes) is 21. The highest BCUT2D eigenvalue weighted by Crippen LogP contribution is 2.43. The number of hydrogen-bond acceptors (Lipinski definition) is 9. The minimum atomic E-state index is -4.61. The number of allylic oxidation sites excluding steroid dienone is 3. The standard InChI is InChI=1S/C39H73O10P/c1-3-5-7-9-11-13-15-17-18-19-21-22-24-26-28-30-38(42)46-34-37(35-48-50(44,45)47-33-36(41)32-40)49-39(43)31-29-27-25-23-20-16-14-12-10-8-6-4-2/h3,12,14,36-37,40-41H,1,4-11,13,15-35H2,2H3,(H,44,45)/b14-12+/t36-,37+/m0/s1. The highest BCUT2D eigenvalue weighted by atomic mass is 31.2. The van der Waals surface area contributed by atoms with Crippen molar-refractivity contribution >= 4 is 19.8 Å². The lowest BCUT2D eigenvalue weighted by Crippen LogP contribution is -2.29. The van der Waals surface area contributed by atoms with Crippen LogP contribution < -0.4 is 0 Å². The second kappa shape index (κ2) is 35.8. The number of ether oxygens (including phenoxy) is 2. The number of aliphatic hydroxyl groups is 2. The van der Waals surface area contributed by atoms with Crippen LogP contribution in [0.4, 0.5) is 0 Å². The summed E-state index contributed by atoms with van der Waals surface area (Å²) in [5, 5.41) is 18.3. The van der Waals surface area contributed by atoms with E-state index in [1.807, 2.05) is 6.08 Å². The molecule has 0 aliphatic rings. The molecule has 0 aromatic carbocycles. The number of aliphatic hydroxyl groups excluding tert-OH is 2. The lowest BCUT2D eigenvalue weighted by atomic mass is 10.0. The SMILES string of the molecule is C=CCCCCCCCCCCCCCCCC(=O)OC[C@H](COP(=O)(O)OC[C@@H](O)CO)OC(=O)CCCCCCC/C=C/CCCCC. The minimum Gasteiger partial charge on any atom is -0.462 e. The van der Waals surface area contributed by atoms with E-state index < -0.39 is 51.8 Å². The van der Waals surface area contributed by atoms with Crippen LogP contribution in [0, 0.1) is 0 Å². The molecule has 10 nitrogen and oxygen atoms in total. The number of hydrogen-bond donors (Lipinski definition) is 3. The molecule has 50 heavy (non-hydrogen) atoms. The van der Waals surface area contributed by atoms with Crippen LogP contribution in [0.15, 0.2) is 24.8 Å². The predicted octanol–water partition coefficient (Wildman–Crippen LogP) is 9.83. The molecule has 0 bridgehead atoms. The Balaban J connectivity index is 4.31. The minimum absolute atomic E-state index is 0.175. The van der Waals surface area contributed by atoms with Gasteiger partial charge in [-0.3, -0.25) is 18.6 Å². The van der Waals surface area contributed by atoms with Crippen molar-refractivity contribution in [2.45, 2.75) is 186 Å². The Labute approximate surface area is 304 Å². The van der Waals surface area contributed by atoms with Crippen LogP contribution in [0.25, 0.3) is 0 Å². The van der Waals surface area contributed by atoms with E-state index in [-0.39, 0.29) is 19.4 Å². The first-order valence-electron chi connectivity index (χ1n) is 19.8. The highest BCUT2D eigenvalue weighted by Gasteiger charge is 2.27. The fourth-order valence-corrected chi connectivity index (χ4v) is 6.17. The van der Waals surface area contributed by atoms with E-state index in [1.165, 1.54) is 77.0 Å². The smallest absolute Gasteiger partial charge is 0.462 e. The Morgan fingerprint density at radius 2 is 1.08 bits per heavy atom. The molecule has 0 heterocycles. The monoisotopic (exact) mass is 732 g/mol. The molecule has 11 heteroatoms. The Kier molecular flexibility index (Phi) is 34.7. The maximum Gasteiger partial charge on any atom is 0.472 e. The summed E-state index contributed by atoms with van der Waals surface area (Å²) in [6, 6.07) is 0. The van der Waals surface area contributed by atoms with Crippen LogP contribution in [0.2, 0.25) is 0 Å². The quantitative estimate of drug-likeness (QED) is 0.0242. The second-order valence-corrected chi connectivity index (χ2v) is 14.8. The molecule has 0 amide bonds. The van der Waals surface area contributed by atoms with Gasteiger partial charge >= 0.3 is 19.8 Å². The molecule has 0 radical (unpaired) electrons. The third-order valence-electron chi connectivity index (χ3n) is 8.47. The van der Waals surface area contributed by atoms with Gasteiger partial charge in [-0.2, -0.15) is 0 Å². The van der Waals surface area contributed by atoms with Gasteiger partial charge in [0.1, 0.15) is 12.7 Å². The van der Waals surface area contributed by atoms with Crippen molar-refractivity contribution in [3.8, 4) is 0 Å². The Morgan fingerprint density at radius 1 is 0.640 bits per heavy atom. The Morgan fingerprint density at radius 3 is 1.58 bits per heavy atom. The van der Waals surface area contributed by atoms with E-state index in [4.69, 9.17) is 19.1 Å². The number of rotatable bonds is 38. The number of carbonyl (C=O) groups is 2. The van der Waals surface area contributed by atoms with Gasteiger partial charge in [-0.25, -0.2) is 4.57 Å². The first kappa shape index (κ1) is 48.5. The highest BCUT2D eigenvalue weighted by molar-refractivity contribution is 7.47. The molecule has 0 rings (SSSR count). The zero-order valence-electron chi connectivity index (χ0n) is 31.5. The van der Waals surface area contributed by atoms with Crippen LogP contribution in [0.3, 0.4) is 0 Å². The first-order chi connectivity index (χ1) is 24.2. The number of phosphoric acid groups is 1. The molecule has 0 saturated carbocycles. The van der Waals surface area contributed by atoms with Crippen molar-refractivity contribution in [2.24, 2.45) is 0 Å². The summed E-state index contributed by atoms with van der Waals surface area (Å²) in [7, 11) is -4.61. The van der Waals surface area contributed by atoms with Gasteiger partial charge in [0.15, 0.2) is 6.10 Å². The van der Waals surface area contributed by atoms with E-state index in [2.05, 4.69) is 30.2 Å². The average molecular weight is 733 g/mol. The molecule has 1 unspecified atom stereocenters. The van der Waals surface area contributed by atoms with Crippen molar-refractivity contribution in [1.82, 2.24) is 0 Å². The summed E-state index contributed by atoms with van der Waals surface area (Å²) < 4.78 is 32.6. The zero-order valence-corrected chi connectivity index (χ0v) is 32.3. The van der Waals surface area contributed by atoms with E-state index in [1.54, 1.807) is 0 Å². The summed E-state index contributed by atoms with van der Waals surface area (Å²) in [5.41, 5.74) is 0. The van der Waals surface area contributed by atoms with Gasteiger partial charge in [0, 0.05) is 12.8 Å². The predicted molar refractivity (Wildman–Crippen MR) is 201 cm³/mol. The molecule has 294 valence electrons. The maximum absolute atomic E-state index is 12.5. The van der Waals surface area contributed by atoms with Crippen molar-refractivity contribution in [3.05, 3.63) is 24.8 Å². The molecule has 0 aliphatic heterocycles. The lowest BCUT2D eigenvalue weighted by molar-refractivity contribution is -0.161. The summed E-state index contributed by atoms with van der Waals surface area (Å²) in [5.74, 6) is -0.936. The number of esters is 2. The summed E-state index contributed by atoms with van der Waals surface area (Å²) in [4.78, 5) is 34.8. The summed E-state index contributed by atoms with van der Waals surface area (Å²) >= 11 is 0. The molecule has 0 spiro atoms. The lowest BCUT2D eigenvalue weighted by Gasteiger charge is -2.20. The fraction of sp³-hybridized carbons (Fsp3) is 0.846. The molecular formula is C39H73O10P. The van der Waals surface area contributed by atoms with Gasteiger partial charge in [-0.05, 0) is 51.4 Å². The van der Waals surface area contributed by atoms with Gasteiger partial charge in [0.05, 0.1) is 19.8 Å². The Hall–Kier alpha value is -1.55. The Bertz CT molecular complexity index is 881. The van der Waals surface area contributed by atoms with Crippen LogP contribution in [0.1, 0.15) is 174 Å². The van der Waals surface area contributed by atoms with Crippen molar-refractivity contribution < 1.29 is 47.8 Å².